The van der Waals surface area contributed by atoms with Gasteiger partial charge in [0.2, 0.25) is 0 Å². The summed E-state index contributed by atoms with van der Waals surface area (Å²) in [7, 11) is 1.90. The van der Waals surface area contributed by atoms with Gasteiger partial charge in [0.25, 0.3) is 0 Å². The normalized spacial score (nSPS) is 14.8. The number of aromatic nitrogens is 3. The minimum absolute atomic E-state index is 0.789. The van der Waals surface area contributed by atoms with Crippen molar-refractivity contribution in [2.24, 2.45) is 7.05 Å². The number of aryl methyl sites for hydroxylation is 1. The fourth-order valence-electron chi connectivity index (χ4n) is 3.63. The summed E-state index contributed by atoms with van der Waals surface area (Å²) >= 11 is 0. The maximum atomic E-state index is 5.78. The molecule has 1 N–H and O–H groups in total. The smallest absolute Gasteiger partial charge is 0.153 e. The highest BCUT2D eigenvalue weighted by Gasteiger charge is 2.13. The molecule has 1 aliphatic rings. The summed E-state index contributed by atoms with van der Waals surface area (Å²) < 4.78 is 7.56. The molecule has 4 heterocycles. The van der Waals surface area contributed by atoms with E-state index < -0.39 is 0 Å². The molecule has 3 aromatic heterocycles. The highest BCUT2D eigenvalue weighted by Crippen LogP contribution is 2.32. The number of fused-ring (bicyclic) bond motifs is 1. The van der Waals surface area contributed by atoms with Gasteiger partial charge in [0.15, 0.2) is 5.58 Å². The Hall–Kier alpha value is -3.12. The van der Waals surface area contributed by atoms with Crippen molar-refractivity contribution >= 4 is 16.8 Å². The molecular formula is C21H21N5O. The van der Waals surface area contributed by atoms with Crippen LogP contribution in [-0.4, -0.2) is 40.9 Å². The Kier molecular flexibility index (Phi) is 3.90. The molecule has 1 aliphatic heterocycles. The summed E-state index contributed by atoms with van der Waals surface area (Å²) in [5.41, 5.74) is 7.10. The molecule has 0 bridgehead atoms. The van der Waals surface area contributed by atoms with Gasteiger partial charge in [0.05, 0.1) is 6.20 Å². The summed E-state index contributed by atoms with van der Waals surface area (Å²) in [6.07, 6.45) is 7.47. The first-order chi connectivity index (χ1) is 13.3. The molecular weight excluding hydrogens is 338 g/mol. The lowest BCUT2D eigenvalue weighted by Crippen LogP contribution is -2.43. The van der Waals surface area contributed by atoms with Gasteiger partial charge >= 0.3 is 0 Å². The molecule has 0 amide bonds. The van der Waals surface area contributed by atoms with E-state index in [1.54, 1.807) is 10.9 Å². The Morgan fingerprint density at radius 1 is 1.00 bits per heavy atom. The van der Waals surface area contributed by atoms with E-state index in [0.717, 1.165) is 59.5 Å². The number of benzene rings is 1. The van der Waals surface area contributed by atoms with Crippen LogP contribution in [0.1, 0.15) is 0 Å². The van der Waals surface area contributed by atoms with Crippen LogP contribution in [0.4, 0.5) is 5.69 Å². The average Bonchev–Trinajstić information content (AvgIpc) is 3.34. The lowest BCUT2D eigenvalue weighted by atomic mass is 10.1. The third-order valence-electron chi connectivity index (χ3n) is 5.11. The molecule has 0 saturated carbocycles. The van der Waals surface area contributed by atoms with E-state index in [1.165, 1.54) is 5.69 Å². The van der Waals surface area contributed by atoms with E-state index in [1.807, 2.05) is 25.6 Å². The predicted octanol–water partition coefficient (Wildman–Crippen LogP) is 3.30. The number of hydrogen-bond acceptors (Lipinski definition) is 5. The fourth-order valence-corrected chi connectivity index (χ4v) is 3.63. The zero-order chi connectivity index (χ0) is 18.2. The van der Waals surface area contributed by atoms with Crippen molar-refractivity contribution in [1.29, 1.82) is 0 Å². The van der Waals surface area contributed by atoms with Gasteiger partial charge in [-0.2, -0.15) is 5.10 Å². The molecule has 0 unspecified atom stereocenters. The van der Waals surface area contributed by atoms with Crippen molar-refractivity contribution in [3.05, 3.63) is 55.2 Å². The van der Waals surface area contributed by atoms with Crippen LogP contribution in [0, 0.1) is 0 Å². The highest BCUT2D eigenvalue weighted by atomic mass is 16.3. The number of furan rings is 1. The minimum Gasteiger partial charge on any atom is -0.462 e. The third-order valence-corrected chi connectivity index (χ3v) is 5.11. The van der Waals surface area contributed by atoms with E-state index >= 15 is 0 Å². The topological polar surface area (TPSA) is 59.1 Å². The van der Waals surface area contributed by atoms with Gasteiger partial charge < -0.3 is 14.6 Å². The SMILES string of the molecule is Cn1cc(-c2coc3cc(-c4ccc(N5CCNCC5)cc4)cnc23)cn1. The molecule has 1 fully saturated rings. The molecule has 5 rings (SSSR count). The first-order valence-corrected chi connectivity index (χ1v) is 9.20. The van der Waals surface area contributed by atoms with Gasteiger partial charge in [0, 0.05) is 68.0 Å². The van der Waals surface area contributed by atoms with Gasteiger partial charge in [-0.25, -0.2) is 0 Å². The molecule has 6 nitrogen and oxygen atoms in total. The van der Waals surface area contributed by atoms with E-state index in [0.29, 0.717) is 0 Å². The molecule has 0 atom stereocenters. The second-order valence-corrected chi connectivity index (χ2v) is 6.91. The highest BCUT2D eigenvalue weighted by molar-refractivity contribution is 5.92. The molecule has 0 spiro atoms. The lowest BCUT2D eigenvalue weighted by molar-refractivity contribution is 0.589. The molecule has 1 aromatic carbocycles. The molecule has 136 valence electrons. The summed E-state index contributed by atoms with van der Waals surface area (Å²) in [5.74, 6) is 0. The Bertz CT molecular complexity index is 1070. The number of piperazine rings is 1. The summed E-state index contributed by atoms with van der Waals surface area (Å²) in [5, 5.41) is 7.62. The number of pyridine rings is 1. The van der Waals surface area contributed by atoms with Crippen LogP contribution in [0.15, 0.2) is 59.6 Å². The molecule has 1 saturated heterocycles. The fraction of sp³-hybridized carbons (Fsp3) is 0.238. The molecule has 0 radical (unpaired) electrons. The number of anilines is 1. The van der Waals surface area contributed by atoms with Crippen molar-refractivity contribution in [3.63, 3.8) is 0 Å². The van der Waals surface area contributed by atoms with E-state index in [-0.39, 0.29) is 0 Å². The number of hydrogen-bond donors (Lipinski definition) is 1. The maximum absolute atomic E-state index is 5.78. The van der Waals surface area contributed by atoms with E-state index in [2.05, 4.69) is 50.6 Å². The van der Waals surface area contributed by atoms with Crippen LogP contribution in [0.5, 0.6) is 0 Å². The van der Waals surface area contributed by atoms with Crippen LogP contribution in [0.2, 0.25) is 0 Å². The van der Waals surface area contributed by atoms with Gasteiger partial charge in [-0.1, -0.05) is 12.1 Å². The van der Waals surface area contributed by atoms with Crippen molar-refractivity contribution in [1.82, 2.24) is 20.1 Å². The summed E-state index contributed by atoms with van der Waals surface area (Å²) in [6, 6.07) is 10.8. The van der Waals surface area contributed by atoms with E-state index in [4.69, 9.17) is 4.42 Å². The standard InChI is InChI=1S/C21H21N5O/c1-25-13-17(12-24-25)19-14-27-20-10-16(11-23-21(19)20)15-2-4-18(5-3-15)26-8-6-22-7-9-26/h2-5,10-14,22H,6-9H2,1H3. The van der Waals surface area contributed by atoms with Crippen molar-refractivity contribution in [2.45, 2.75) is 0 Å². The number of nitrogens with zero attached hydrogens (tertiary/aromatic N) is 4. The maximum Gasteiger partial charge on any atom is 0.153 e. The van der Waals surface area contributed by atoms with Crippen molar-refractivity contribution < 1.29 is 4.42 Å². The second-order valence-electron chi connectivity index (χ2n) is 6.91. The van der Waals surface area contributed by atoms with Crippen LogP contribution in [0.3, 0.4) is 0 Å². The van der Waals surface area contributed by atoms with Gasteiger partial charge in [-0.05, 0) is 23.8 Å². The largest absolute Gasteiger partial charge is 0.462 e. The molecule has 4 aromatic rings. The van der Waals surface area contributed by atoms with Gasteiger partial charge in [-0.3, -0.25) is 9.67 Å². The minimum atomic E-state index is 0.789. The van der Waals surface area contributed by atoms with Gasteiger partial charge in [0.1, 0.15) is 11.8 Å². The third kappa shape index (κ3) is 2.98. The average molecular weight is 359 g/mol. The van der Waals surface area contributed by atoms with Crippen LogP contribution in [0.25, 0.3) is 33.4 Å². The Balaban J connectivity index is 1.45. The number of nitrogens with one attached hydrogen (secondary N) is 1. The monoisotopic (exact) mass is 359 g/mol. The molecule has 6 heteroatoms. The Labute approximate surface area is 157 Å². The summed E-state index contributed by atoms with van der Waals surface area (Å²) in [4.78, 5) is 7.08. The quantitative estimate of drug-likeness (QED) is 0.608. The molecule has 27 heavy (non-hydrogen) atoms. The van der Waals surface area contributed by atoms with Gasteiger partial charge in [-0.15, -0.1) is 0 Å². The first-order valence-electron chi connectivity index (χ1n) is 9.20. The Morgan fingerprint density at radius 2 is 1.81 bits per heavy atom. The number of rotatable bonds is 3. The molecule has 0 aliphatic carbocycles. The lowest BCUT2D eigenvalue weighted by Gasteiger charge is -2.29. The van der Waals surface area contributed by atoms with Crippen LogP contribution in [-0.2, 0) is 7.05 Å². The predicted molar refractivity (Wildman–Crippen MR) is 107 cm³/mol. The zero-order valence-electron chi connectivity index (χ0n) is 15.2. The first kappa shape index (κ1) is 16.1. The van der Waals surface area contributed by atoms with Crippen molar-refractivity contribution in [3.8, 4) is 22.3 Å². The summed E-state index contributed by atoms with van der Waals surface area (Å²) in [6.45, 7) is 4.19. The van der Waals surface area contributed by atoms with Crippen LogP contribution >= 0.6 is 0 Å². The second kappa shape index (κ2) is 6.55. The van der Waals surface area contributed by atoms with E-state index in [9.17, 15) is 0 Å². The van der Waals surface area contributed by atoms with Crippen molar-refractivity contribution in [2.75, 3.05) is 31.1 Å². The Morgan fingerprint density at radius 3 is 2.56 bits per heavy atom. The van der Waals surface area contributed by atoms with Crippen LogP contribution < -0.4 is 10.2 Å². The zero-order valence-corrected chi connectivity index (χ0v) is 15.2.